The number of carbonyl (C=O) groups excluding carboxylic acids is 1. The predicted molar refractivity (Wildman–Crippen MR) is 138 cm³/mol. The third-order valence-corrected chi connectivity index (χ3v) is 6.17. The minimum absolute atomic E-state index is 0.00812. The van der Waals surface area contributed by atoms with E-state index < -0.39 is 0 Å². The van der Waals surface area contributed by atoms with E-state index in [0.717, 1.165) is 24.2 Å². The summed E-state index contributed by atoms with van der Waals surface area (Å²) >= 11 is 0. The summed E-state index contributed by atoms with van der Waals surface area (Å²) in [4.78, 5) is 15.0. The molecule has 0 saturated carbocycles. The first-order valence-electron chi connectivity index (χ1n) is 12.9. The summed E-state index contributed by atoms with van der Waals surface area (Å²) in [7, 11) is 0. The van der Waals surface area contributed by atoms with Gasteiger partial charge in [-0.3, -0.25) is 0 Å². The van der Waals surface area contributed by atoms with Crippen molar-refractivity contribution in [3.8, 4) is 0 Å². The minimum atomic E-state index is -0.00812. The monoisotopic (exact) mass is 436 g/mol. The molecule has 2 rings (SSSR count). The van der Waals surface area contributed by atoms with Crippen LogP contribution in [-0.4, -0.2) is 17.5 Å². The summed E-state index contributed by atoms with van der Waals surface area (Å²) in [5, 5.41) is 3.11. The van der Waals surface area contributed by atoms with Crippen molar-refractivity contribution in [2.45, 2.75) is 97.4 Å². The lowest BCUT2D eigenvalue weighted by Crippen LogP contribution is -2.35. The average Bonchev–Trinajstić information content (AvgIpc) is 2.81. The molecule has 2 amide bonds. The first-order chi connectivity index (χ1) is 15.7. The number of aryl methyl sites for hydroxylation is 1. The van der Waals surface area contributed by atoms with Crippen molar-refractivity contribution < 1.29 is 4.79 Å². The first kappa shape index (κ1) is 26.0. The van der Waals surface area contributed by atoms with E-state index in [4.69, 9.17) is 0 Å². The molecule has 2 aromatic rings. The molecule has 0 bridgehead atoms. The van der Waals surface area contributed by atoms with Crippen LogP contribution in [0.15, 0.2) is 54.6 Å². The van der Waals surface area contributed by atoms with Crippen molar-refractivity contribution in [2.24, 2.45) is 0 Å². The Labute approximate surface area is 196 Å². The standard InChI is InChI=1S/C29H44N2O/c1-3-4-5-6-7-8-9-10-11-12-13-19-24-31(25-27-21-15-14-16-22-27)29(32)30-28-23-18-17-20-26(28)2/h14-18,20-23H,3-13,19,24-25H2,1-2H3,(H,30,32). The first-order valence-corrected chi connectivity index (χ1v) is 12.9. The number of nitrogens with zero attached hydrogens (tertiary/aromatic N) is 1. The van der Waals surface area contributed by atoms with Crippen LogP contribution < -0.4 is 5.32 Å². The van der Waals surface area contributed by atoms with Gasteiger partial charge < -0.3 is 10.2 Å². The molecule has 0 aliphatic carbocycles. The van der Waals surface area contributed by atoms with Gasteiger partial charge in [0.25, 0.3) is 0 Å². The zero-order chi connectivity index (χ0) is 22.9. The van der Waals surface area contributed by atoms with Crippen LogP contribution in [0.1, 0.15) is 95.1 Å². The van der Waals surface area contributed by atoms with E-state index in [0.29, 0.717) is 6.54 Å². The zero-order valence-electron chi connectivity index (χ0n) is 20.5. The summed E-state index contributed by atoms with van der Waals surface area (Å²) in [6, 6.07) is 18.2. The maximum Gasteiger partial charge on any atom is 0.322 e. The molecule has 0 atom stereocenters. The van der Waals surface area contributed by atoms with E-state index in [1.807, 2.05) is 54.3 Å². The molecule has 3 heteroatoms. The molecule has 3 nitrogen and oxygen atoms in total. The number of unbranched alkanes of at least 4 members (excludes halogenated alkanes) is 11. The number of hydrogen-bond donors (Lipinski definition) is 1. The molecule has 32 heavy (non-hydrogen) atoms. The highest BCUT2D eigenvalue weighted by Gasteiger charge is 2.14. The largest absolute Gasteiger partial charge is 0.322 e. The Morgan fingerprint density at radius 2 is 1.25 bits per heavy atom. The number of rotatable bonds is 16. The van der Waals surface area contributed by atoms with E-state index in [2.05, 4.69) is 24.4 Å². The Morgan fingerprint density at radius 3 is 1.84 bits per heavy atom. The normalized spacial score (nSPS) is 10.8. The van der Waals surface area contributed by atoms with Gasteiger partial charge in [0.05, 0.1) is 0 Å². The van der Waals surface area contributed by atoms with Crippen LogP contribution in [0.2, 0.25) is 0 Å². The van der Waals surface area contributed by atoms with Gasteiger partial charge in [0.15, 0.2) is 0 Å². The highest BCUT2D eigenvalue weighted by atomic mass is 16.2. The lowest BCUT2D eigenvalue weighted by Gasteiger charge is -2.24. The highest BCUT2D eigenvalue weighted by molar-refractivity contribution is 5.90. The number of carbonyl (C=O) groups is 1. The summed E-state index contributed by atoms with van der Waals surface area (Å²) in [5.74, 6) is 0. The molecular formula is C29H44N2O. The molecule has 176 valence electrons. The van der Waals surface area contributed by atoms with Crippen LogP contribution in [-0.2, 0) is 6.54 Å². The number of amides is 2. The van der Waals surface area contributed by atoms with Gasteiger partial charge >= 0.3 is 6.03 Å². The summed E-state index contributed by atoms with van der Waals surface area (Å²) in [6.07, 6.45) is 15.9. The maximum absolute atomic E-state index is 13.0. The second-order valence-electron chi connectivity index (χ2n) is 9.04. The molecular weight excluding hydrogens is 392 g/mol. The van der Waals surface area contributed by atoms with Crippen LogP contribution >= 0.6 is 0 Å². The SMILES string of the molecule is CCCCCCCCCCCCCCN(Cc1ccccc1)C(=O)Nc1ccccc1C. The lowest BCUT2D eigenvalue weighted by molar-refractivity contribution is 0.207. The number of urea groups is 1. The summed E-state index contributed by atoms with van der Waals surface area (Å²) in [6.45, 7) is 5.75. The number of para-hydroxylation sites is 1. The fraction of sp³-hybridized carbons (Fsp3) is 0.552. The fourth-order valence-electron chi connectivity index (χ4n) is 4.11. The van der Waals surface area contributed by atoms with Crippen LogP contribution in [0.25, 0.3) is 0 Å². The zero-order valence-corrected chi connectivity index (χ0v) is 20.5. The Bertz CT molecular complexity index is 744. The summed E-state index contributed by atoms with van der Waals surface area (Å²) < 4.78 is 0. The van der Waals surface area contributed by atoms with Gasteiger partial charge in [-0.05, 0) is 30.5 Å². The highest BCUT2D eigenvalue weighted by Crippen LogP contribution is 2.16. The Morgan fingerprint density at radius 1 is 0.719 bits per heavy atom. The van der Waals surface area contributed by atoms with E-state index in [-0.39, 0.29) is 6.03 Å². The van der Waals surface area contributed by atoms with E-state index in [9.17, 15) is 4.79 Å². The molecule has 0 aliphatic rings. The number of nitrogens with one attached hydrogen (secondary N) is 1. The third-order valence-electron chi connectivity index (χ3n) is 6.17. The second-order valence-corrected chi connectivity index (χ2v) is 9.04. The molecule has 0 radical (unpaired) electrons. The molecule has 0 unspecified atom stereocenters. The smallest absolute Gasteiger partial charge is 0.320 e. The number of benzene rings is 2. The lowest BCUT2D eigenvalue weighted by atomic mass is 10.1. The number of anilines is 1. The van der Waals surface area contributed by atoms with Crippen molar-refractivity contribution in [3.05, 3.63) is 65.7 Å². The molecule has 1 N–H and O–H groups in total. The molecule has 0 saturated heterocycles. The predicted octanol–water partition coefficient (Wildman–Crippen LogP) is 8.73. The van der Waals surface area contributed by atoms with Crippen molar-refractivity contribution in [3.63, 3.8) is 0 Å². The molecule has 0 heterocycles. The Balaban J connectivity index is 1.70. The van der Waals surface area contributed by atoms with Gasteiger partial charge in [-0.2, -0.15) is 0 Å². The Kier molecular flexibility index (Phi) is 13.3. The van der Waals surface area contributed by atoms with Crippen LogP contribution in [0.5, 0.6) is 0 Å². The average molecular weight is 437 g/mol. The second kappa shape index (κ2) is 16.4. The van der Waals surface area contributed by atoms with Gasteiger partial charge in [0.2, 0.25) is 0 Å². The Hall–Kier alpha value is -2.29. The molecule has 2 aromatic carbocycles. The van der Waals surface area contributed by atoms with Crippen molar-refractivity contribution >= 4 is 11.7 Å². The van der Waals surface area contributed by atoms with Gasteiger partial charge in [0.1, 0.15) is 0 Å². The van der Waals surface area contributed by atoms with Crippen molar-refractivity contribution in [2.75, 3.05) is 11.9 Å². The molecule has 0 spiro atoms. The van der Waals surface area contributed by atoms with E-state index >= 15 is 0 Å². The minimum Gasteiger partial charge on any atom is -0.320 e. The molecule has 0 aliphatic heterocycles. The quantitative estimate of drug-likeness (QED) is 0.262. The van der Waals surface area contributed by atoms with E-state index in [1.165, 1.54) is 76.2 Å². The van der Waals surface area contributed by atoms with Crippen molar-refractivity contribution in [1.82, 2.24) is 4.90 Å². The van der Waals surface area contributed by atoms with Crippen LogP contribution in [0.3, 0.4) is 0 Å². The van der Waals surface area contributed by atoms with Gasteiger partial charge in [-0.25, -0.2) is 4.79 Å². The van der Waals surface area contributed by atoms with Crippen molar-refractivity contribution in [1.29, 1.82) is 0 Å². The maximum atomic E-state index is 13.0. The van der Waals surface area contributed by atoms with Gasteiger partial charge in [0, 0.05) is 18.8 Å². The molecule has 0 fully saturated rings. The van der Waals surface area contributed by atoms with Gasteiger partial charge in [-0.1, -0.05) is 126 Å². The topological polar surface area (TPSA) is 32.3 Å². The van der Waals surface area contributed by atoms with E-state index in [1.54, 1.807) is 0 Å². The van der Waals surface area contributed by atoms with Gasteiger partial charge in [-0.15, -0.1) is 0 Å². The molecule has 0 aromatic heterocycles. The van der Waals surface area contributed by atoms with Crippen LogP contribution in [0.4, 0.5) is 10.5 Å². The number of hydrogen-bond acceptors (Lipinski definition) is 1. The fourth-order valence-corrected chi connectivity index (χ4v) is 4.11. The third kappa shape index (κ3) is 10.8. The van der Waals surface area contributed by atoms with Crippen LogP contribution in [0, 0.1) is 6.92 Å². The summed E-state index contributed by atoms with van der Waals surface area (Å²) in [5.41, 5.74) is 3.16.